The van der Waals surface area contributed by atoms with E-state index in [4.69, 9.17) is 0 Å². The van der Waals surface area contributed by atoms with Gasteiger partial charge >= 0.3 is 0 Å². The van der Waals surface area contributed by atoms with E-state index in [0.717, 1.165) is 6.07 Å². The van der Waals surface area contributed by atoms with Crippen LogP contribution in [0.2, 0.25) is 0 Å². The first-order valence-electron chi connectivity index (χ1n) is 5.82. The van der Waals surface area contributed by atoms with Gasteiger partial charge < -0.3 is 10.4 Å². The van der Waals surface area contributed by atoms with E-state index < -0.39 is 16.3 Å². The van der Waals surface area contributed by atoms with Gasteiger partial charge in [-0.3, -0.25) is 10.1 Å². The summed E-state index contributed by atoms with van der Waals surface area (Å²) in [6, 6.07) is 3.39. The minimum Gasteiger partial charge on any atom is -0.388 e. The van der Waals surface area contributed by atoms with Crippen LogP contribution in [0.3, 0.4) is 0 Å². The third kappa shape index (κ3) is 3.40. The molecular weight excluding hydrogens is 239 g/mol. The van der Waals surface area contributed by atoms with Crippen LogP contribution in [-0.2, 0) is 0 Å². The van der Waals surface area contributed by atoms with Gasteiger partial charge in [0.05, 0.1) is 22.3 Å². The van der Waals surface area contributed by atoms with Gasteiger partial charge in [0.2, 0.25) is 0 Å². The molecule has 2 N–H and O–H groups in total. The lowest BCUT2D eigenvalue weighted by Crippen LogP contribution is -2.35. The van der Waals surface area contributed by atoms with Gasteiger partial charge in [-0.15, -0.1) is 0 Å². The Hall–Kier alpha value is -1.69. The molecule has 0 atom stereocenters. The molecule has 0 aliphatic rings. The Balaban J connectivity index is 2.77. The first-order chi connectivity index (χ1) is 8.41. The number of nitrogens with one attached hydrogen (secondary N) is 1. The molecular formula is C12H17FN2O3. The van der Waals surface area contributed by atoms with E-state index in [2.05, 4.69) is 5.32 Å². The standard InChI is InChI=1S/C12H17FN2O3/c1-3-12(16,4-2)8-14-11-6-5-9(15(17)18)7-10(11)13/h5-7,14,16H,3-4,8H2,1-2H3. The molecule has 6 heteroatoms. The number of benzene rings is 1. The third-order valence-corrected chi connectivity index (χ3v) is 3.09. The van der Waals surface area contributed by atoms with Crippen LogP contribution < -0.4 is 5.32 Å². The zero-order chi connectivity index (χ0) is 13.8. The van der Waals surface area contributed by atoms with Gasteiger partial charge in [-0.1, -0.05) is 13.8 Å². The maximum Gasteiger partial charge on any atom is 0.272 e. The predicted molar refractivity (Wildman–Crippen MR) is 67.1 cm³/mol. The fourth-order valence-electron chi connectivity index (χ4n) is 1.52. The largest absolute Gasteiger partial charge is 0.388 e. The second kappa shape index (κ2) is 5.77. The lowest BCUT2D eigenvalue weighted by atomic mass is 9.97. The first-order valence-corrected chi connectivity index (χ1v) is 5.82. The number of nitro benzene ring substituents is 1. The molecule has 18 heavy (non-hydrogen) atoms. The molecule has 100 valence electrons. The number of nitrogens with zero attached hydrogens (tertiary/aromatic N) is 1. The molecule has 1 rings (SSSR count). The number of non-ortho nitro benzene ring substituents is 1. The molecule has 0 aromatic heterocycles. The van der Waals surface area contributed by atoms with Gasteiger partial charge in [-0.25, -0.2) is 4.39 Å². The minimum atomic E-state index is -0.895. The number of nitro groups is 1. The fraction of sp³-hybridized carbons (Fsp3) is 0.500. The molecule has 0 aliphatic carbocycles. The van der Waals surface area contributed by atoms with E-state index in [1.54, 1.807) is 0 Å². The van der Waals surface area contributed by atoms with Crippen LogP contribution in [0.25, 0.3) is 0 Å². The highest BCUT2D eigenvalue weighted by molar-refractivity contribution is 5.50. The molecule has 5 nitrogen and oxygen atoms in total. The molecule has 0 bridgehead atoms. The fourth-order valence-corrected chi connectivity index (χ4v) is 1.52. The highest BCUT2D eigenvalue weighted by Gasteiger charge is 2.22. The third-order valence-electron chi connectivity index (χ3n) is 3.09. The number of anilines is 1. The maximum absolute atomic E-state index is 13.5. The number of aliphatic hydroxyl groups is 1. The number of halogens is 1. The van der Waals surface area contributed by atoms with Crippen LogP contribution in [0.15, 0.2) is 18.2 Å². The van der Waals surface area contributed by atoms with Crippen molar-refractivity contribution >= 4 is 11.4 Å². The average molecular weight is 256 g/mol. The van der Waals surface area contributed by atoms with Crippen molar-refractivity contribution in [2.75, 3.05) is 11.9 Å². The molecule has 0 radical (unpaired) electrons. The van der Waals surface area contributed by atoms with E-state index in [1.807, 2.05) is 13.8 Å². The lowest BCUT2D eigenvalue weighted by molar-refractivity contribution is -0.385. The zero-order valence-corrected chi connectivity index (χ0v) is 10.4. The molecule has 0 aliphatic heterocycles. The molecule has 0 saturated heterocycles. The van der Waals surface area contributed by atoms with E-state index in [0.29, 0.717) is 12.8 Å². The summed E-state index contributed by atoms with van der Waals surface area (Å²) in [7, 11) is 0. The first kappa shape index (κ1) is 14.4. The van der Waals surface area contributed by atoms with Gasteiger partial charge in [-0.05, 0) is 18.9 Å². The predicted octanol–water partition coefficient (Wildman–Crippen LogP) is 2.70. The van der Waals surface area contributed by atoms with E-state index in [-0.39, 0.29) is 17.9 Å². The Morgan fingerprint density at radius 1 is 1.44 bits per heavy atom. The summed E-state index contributed by atoms with van der Waals surface area (Å²) in [4.78, 5) is 9.80. The lowest BCUT2D eigenvalue weighted by Gasteiger charge is -2.26. The summed E-state index contributed by atoms with van der Waals surface area (Å²) in [6.07, 6.45) is 1.09. The van der Waals surface area contributed by atoms with E-state index in [1.165, 1.54) is 12.1 Å². The van der Waals surface area contributed by atoms with Crippen LogP contribution in [0, 0.1) is 15.9 Å². The highest BCUT2D eigenvalue weighted by Crippen LogP contribution is 2.22. The van der Waals surface area contributed by atoms with Crippen molar-refractivity contribution < 1.29 is 14.4 Å². The molecule has 0 spiro atoms. The van der Waals surface area contributed by atoms with Crippen LogP contribution in [-0.4, -0.2) is 22.2 Å². The molecule has 0 amide bonds. The second-order valence-electron chi connectivity index (χ2n) is 4.21. The van der Waals surface area contributed by atoms with Crippen molar-refractivity contribution in [2.24, 2.45) is 0 Å². The van der Waals surface area contributed by atoms with Crippen molar-refractivity contribution in [2.45, 2.75) is 32.3 Å². The van der Waals surface area contributed by atoms with Crippen LogP contribution in [0.4, 0.5) is 15.8 Å². The van der Waals surface area contributed by atoms with Crippen LogP contribution in [0.1, 0.15) is 26.7 Å². The maximum atomic E-state index is 13.5. The van der Waals surface area contributed by atoms with E-state index in [9.17, 15) is 19.6 Å². The smallest absolute Gasteiger partial charge is 0.272 e. The topological polar surface area (TPSA) is 75.4 Å². The van der Waals surface area contributed by atoms with Gasteiger partial charge in [0.1, 0.15) is 0 Å². The molecule has 0 unspecified atom stereocenters. The summed E-state index contributed by atoms with van der Waals surface area (Å²) >= 11 is 0. The SMILES string of the molecule is CCC(O)(CC)CNc1ccc([N+](=O)[O-])cc1F. The summed E-state index contributed by atoms with van der Waals surface area (Å²) in [5.74, 6) is -0.696. The monoisotopic (exact) mass is 256 g/mol. The number of rotatable bonds is 6. The molecule has 1 aromatic carbocycles. The Morgan fingerprint density at radius 2 is 2.06 bits per heavy atom. The Morgan fingerprint density at radius 3 is 2.50 bits per heavy atom. The van der Waals surface area contributed by atoms with Gasteiger partial charge in [0.15, 0.2) is 5.82 Å². The van der Waals surface area contributed by atoms with Gasteiger partial charge in [0, 0.05) is 12.6 Å². The van der Waals surface area contributed by atoms with Crippen molar-refractivity contribution in [1.29, 1.82) is 0 Å². The quantitative estimate of drug-likeness (QED) is 0.606. The van der Waals surface area contributed by atoms with Gasteiger partial charge in [0.25, 0.3) is 5.69 Å². The summed E-state index contributed by atoms with van der Waals surface area (Å²) < 4.78 is 13.5. The Labute approximate surface area is 105 Å². The molecule has 0 fully saturated rings. The average Bonchev–Trinajstić information content (AvgIpc) is 2.36. The van der Waals surface area contributed by atoms with Crippen LogP contribution in [0.5, 0.6) is 0 Å². The van der Waals surface area contributed by atoms with Gasteiger partial charge in [-0.2, -0.15) is 0 Å². The summed E-state index contributed by atoms with van der Waals surface area (Å²) in [5.41, 5.74) is -1.03. The number of hydrogen-bond acceptors (Lipinski definition) is 4. The highest BCUT2D eigenvalue weighted by atomic mass is 19.1. The van der Waals surface area contributed by atoms with Crippen molar-refractivity contribution in [1.82, 2.24) is 0 Å². The van der Waals surface area contributed by atoms with Crippen molar-refractivity contribution in [3.8, 4) is 0 Å². The summed E-state index contributed by atoms with van der Waals surface area (Å²) in [5, 5.41) is 23.3. The molecule has 0 saturated carbocycles. The molecule has 0 heterocycles. The van der Waals surface area contributed by atoms with Crippen molar-refractivity contribution in [3.05, 3.63) is 34.1 Å². The number of hydrogen-bond donors (Lipinski definition) is 2. The van der Waals surface area contributed by atoms with Crippen molar-refractivity contribution in [3.63, 3.8) is 0 Å². The minimum absolute atomic E-state index is 0.154. The van der Waals surface area contributed by atoms with Crippen LogP contribution >= 0.6 is 0 Å². The molecule has 1 aromatic rings. The second-order valence-corrected chi connectivity index (χ2v) is 4.21. The Bertz CT molecular complexity index is 433. The zero-order valence-electron chi connectivity index (χ0n) is 10.4. The summed E-state index contributed by atoms with van der Waals surface area (Å²) in [6.45, 7) is 3.89. The normalized spacial score (nSPS) is 11.3. The Kier molecular flexibility index (Phi) is 4.61. The van der Waals surface area contributed by atoms with E-state index >= 15 is 0 Å².